The van der Waals surface area contributed by atoms with Gasteiger partial charge in [0, 0.05) is 19.5 Å². The molecule has 0 aromatic carbocycles. The van der Waals surface area contributed by atoms with E-state index in [-0.39, 0.29) is 29.4 Å². The maximum atomic E-state index is 13.6. The van der Waals surface area contributed by atoms with Crippen molar-refractivity contribution < 1.29 is 31.5 Å². The fourth-order valence-corrected chi connectivity index (χ4v) is 5.23. The molecule has 39 heavy (non-hydrogen) atoms. The lowest BCUT2D eigenvalue weighted by Gasteiger charge is -2.23. The number of nitrogens with zero attached hydrogens (tertiary/aromatic N) is 3. The highest BCUT2D eigenvalue weighted by molar-refractivity contribution is 7.92. The minimum atomic E-state index is -4.67. The van der Waals surface area contributed by atoms with Crippen LogP contribution in [0.1, 0.15) is 44.9 Å². The maximum absolute atomic E-state index is 13.6. The zero-order valence-corrected chi connectivity index (χ0v) is 22.7. The van der Waals surface area contributed by atoms with Gasteiger partial charge in [-0.15, -0.1) is 0 Å². The van der Waals surface area contributed by atoms with Crippen molar-refractivity contribution in [3.63, 3.8) is 0 Å². The molecule has 1 saturated heterocycles. The summed E-state index contributed by atoms with van der Waals surface area (Å²) in [5.74, 6) is -0.826. The molecule has 0 saturated carbocycles. The SMILES string of the molecule is C=C/C(C)=C\C=C(\C)Cc1nc(NS(=O)(=O)c2cccc(N3CCC(C)(CC(=O)O)C3)n2)ccc1C(F)(F)F. The lowest BCUT2D eigenvalue weighted by atomic mass is 9.86. The first-order chi connectivity index (χ1) is 18.1. The van der Waals surface area contributed by atoms with Gasteiger partial charge in [0.2, 0.25) is 0 Å². The van der Waals surface area contributed by atoms with Crippen LogP contribution in [0.25, 0.3) is 0 Å². The van der Waals surface area contributed by atoms with Gasteiger partial charge in [0.1, 0.15) is 11.6 Å². The number of alkyl halides is 3. The van der Waals surface area contributed by atoms with Crippen molar-refractivity contribution >= 4 is 27.6 Å². The van der Waals surface area contributed by atoms with Crippen molar-refractivity contribution in [1.82, 2.24) is 9.97 Å². The van der Waals surface area contributed by atoms with Gasteiger partial charge in [-0.25, -0.2) is 9.97 Å². The van der Waals surface area contributed by atoms with Gasteiger partial charge in [-0.2, -0.15) is 21.6 Å². The number of hydrogen-bond acceptors (Lipinski definition) is 6. The summed E-state index contributed by atoms with van der Waals surface area (Å²) in [5, 5.41) is 8.84. The summed E-state index contributed by atoms with van der Waals surface area (Å²) < 4.78 is 69.4. The first kappa shape index (κ1) is 29.9. The molecule has 0 bridgehead atoms. The minimum Gasteiger partial charge on any atom is -0.481 e. The predicted molar refractivity (Wildman–Crippen MR) is 143 cm³/mol. The Morgan fingerprint density at radius 3 is 2.56 bits per heavy atom. The second-order valence-electron chi connectivity index (χ2n) is 9.99. The Hall–Kier alpha value is -3.67. The Bertz CT molecular complexity index is 1420. The van der Waals surface area contributed by atoms with Gasteiger partial charge in [0.15, 0.2) is 5.03 Å². The molecule has 0 radical (unpaired) electrons. The van der Waals surface area contributed by atoms with Crippen molar-refractivity contribution in [2.45, 2.75) is 51.2 Å². The molecule has 2 aromatic heterocycles. The van der Waals surface area contributed by atoms with Gasteiger partial charge in [-0.05, 0) is 49.9 Å². The van der Waals surface area contributed by atoms with E-state index in [1.165, 1.54) is 12.1 Å². The Morgan fingerprint density at radius 1 is 1.21 bits per heavy atom. The molecule has 1 fully saturated rings. The van der Waals surface area contributed by atoms with Crippen LogP contribution in [0.3, 0.4) is 0 Å². The number of nitrogens with one attached hydrogen (secondary N) is 1. The van der Waals surface area contributed by atoms with Gasteiger partial charge in [-0.3, -0.25) is 9.52 Å². The summed E-state index contributed by atoms with van der Waals surface area (Å²) in [4.78, 5) is 21.2. The van der Waals surface area contributed by atoms with Crippen LogP contribution in [-0.4, -0.2) is 42.6 Å². The van der Waals surface area contributed by atoms with Crippen LogP contribution in [0.2, 0.25) is 0 Å². The Kier molecular flexibility index (Phi) is 8.89. The van der Waals surface area contributed by atoms with Crippen LogP contribution in [0.15, 0.2) is 71.3 Å². The number of sulfonamides is 1. The van der Waals surface area contributed by atoms with E-state index < -0.39 is 33.1 Å². The Labute approximate surface area is 226 Å². The molecule has 0 spiro atoms. The molecule has 2 aromatic rings. The third kappa shape index (κ3) is 7.92. The number of anilines is 2. The third-order valence-electron chi connectivity index (χ3n) is 6.36. The Balaban J connectivity index is 1.87. The first-order valence-electron chi connectivity index (χ1n) is 12.1. The van der Waals surface area contributed by atoms with Crippen LogP contribution < -0.4 is 9.62 Å². The van der Waals surface area contributed by atoms with E-state index in [0.29, 0.717) is 30.9 Å². The van der Waals surface area contributed by atoms with Crippen LogP contribution in [0.4, 0.5) is 24.8 Å². The number of aromatic nitrogens is 2. The molecule has 0 amide bonds. The van der Waals surface area contributed by atoms with E-state index >= 15 is 0 Å². The van der Waals surface area contributed by atoms with Gasteiger partial charge < -0.3 is 10.0 Å². The summed E-state index contributed by atoms with van der Waals surface area (Å²) in [5.41, 5.74) is -0.341. The van der Waals surface area contributed by atoms with E-state index in [2.05, 4.69) is 21.3 Å². The molecule has 1 unspecified atom stereocenters. The number of halogens is 3. The average Bonchev–Trinajstić information content (AvgIpc) is 3.22. The van der Waals surface area contributed by atoms with Crippen molar-refractivity contribution in [2.75, 3.05) is 22.7 Å². The molecular formula is C27H31F3N4O4S. The monoisotopic (exact) mass is 564 g/mol. The van der Waals surface area contributed by atoms with Crippen LogP contribution >= 0.6 is 0 Å². The quantitative estimate of drug-likeness (QED) is 0.361. The largest absolute Gasteiger partial charge is 0.481 e. The highest BCUT2D eigenvalue weighted by atomic mass is 32.2. The molecule has 1 aliphatic heterocycles. The zero-order chi connectivity index (χ0) is 29.0. The van der Waals surface area contributed by atoms with Crippen LogP contribution in [0, 0.1) is 5.41 Å². The van der Waals surface area contributed by atoms with E-state index in [4.69, 9.17) is 0 Å². The molecule has 3 heterocycles. The Morgan fingerprint density at radius 2 is 1.92 bits per heavy atom. The first-order valence-corrected chi connectivity index (χ1v) is 13.6. The number of carboxylic acids is 1. The maximum Gasteiger partial charge on any atom is 0.418 e. The molecule has 12 heteroatoms. The predicted octanol–water partition coefficient (Wildman–Crippen LogP) is 5.61. The van der Waals surface area contributed by atoms with Crippen molar-refractivity contribution in [2.24, 2.45) is 5.41 Å². The fraction of sp³-hybridized carbons (Fsp3) is 0.370. The molecule has 8 nitrogen and oxygen atoms in total. The second-order valence-corrected chi connectivity index (χ2v) is 11.6. The third-order valence-corrected chi connectivity index (χ3v) is 7.62. The number of rotatable bonds is 10. The molecule has 1 atom stereocenters. The van der Waals surface area contributed by atoms with E-state index in [0.717, 1.165) is 17.7 Å². The summed E-state index contributed by atoms with van der Waals surface area (Å²) in [6.07, 6.45) is 0.738. The highest BCUT2D eigenvalue weighted by Gasteiger charge is 2.37. The average molecular weight is 565 g/mol. The lowest BCUT2D eigenvalue weighted by molar-refractivity contribution is -0.139. The summed E-state index contributed by atoms with van der Waals surface area (Å²) in [6, 6.07) is 6.16. The summed E-state index contributed by atoms with van der Waals surface area (Å²) >= 11 is 0. The van der Waals surface area contributed by atoms with Crippen molar-refractivity contribution in [3.05, 3.63) is 77.5 Å². The smallest absolute Gasteiger partial charge is 0.418 e. The molecular weight excluding hydrogens is 533 g/mol. The van der Waals surface area contributed by atoms with E-state index in [9.17, 15) is 31.5 Å². The normalized spacial score (nSPS) is 18.8. The fourth-order valence-electron chi connectivity index (χ4n) is 4.26. The van der Waals surface area contributed by atoms with Crippen molar-refractivity contribution in [3.8, 4) is 0 Å². The number of hydrogen-bond donors (Lipinski definition) is 2. The minimum absolute atomic E-state index is 0.0240. The highest BCUT2D eigenvalue weighted by Crippen LogP contribution is 2.36. The number of carbonyl (C=O) groups is 1. The second kappa shape index (κ2) is 11.6. The number of aliphatic carboxylic acids is 1. The van der Waals surface area contributed by atoms with Gasteiger partial charge in [0.05, 0.1) is 17.7 Å². The lowest BCUT2D eigenvalue weighted by Crippen LogP contribution is -2.28. The van der Waals surface area contributed by atoms with Crippen LogP contribution in [0.5, 0.6) is 0 Å². The summed E-state index contributed by atoms with van der Waals surface area (Å²) in [6.45, 7) is 9.83. The molecule has 1 aliphatic rings. The van der Waals surface area contributed by atoms with Gasteiger partial charge in [0.25, 0.3) is 10.0 Å². The zero-order valence-electron chi connectivity index (χ0n) is 21.9. The van der Waals surface area contributed by atoms with Crippen molar-refractivity contribution in [1.29, 1.82) is 0 Å². The van der Waals surface area contributed by atoms with E-state index in [1.807, 2.05) is 11.8 Å². The van der Waals surface area contributed by atoms with Gasteiger partial charge in [-0.1, -0.05) is 48.9 Å². The number of pyridine rings is 2. The molecule has 2 N–H and O–H groups in total. The van der Waals surface area contributed by atoms with Gasteiger partial charge >= 0.3 is 12.1 Å². The summed E-state index contributed by atoms with van der Waals surface area (Å²) in [7, 11) is -4.29. The number of allylic oxidation sites excluding steroid dienone is 5. The van der Waals surface area contributed by atoms with Crippen LogP contribution in [-0.2, 0) is 27.4 Å². The molecule has 210 valence electrons. The van der Waals surface area contributed by atoms with E-state index in [1.54, 1.807) is 38.1 Å². The number of carboxylic acid groups (broad SMARTS) is 1. The standard InChI is InChI=1S/C27H31F3N4O4S/c1-5-18(2)9-10-19(3)15-21-20(27(28,29)30)11-12-22(31-21)33-39(37,38)24-8-6-7-23(32-24)34-14-13-26(4,17-34)16-25(35)36/h5-12H,1,13-17H2,2-4H3,(H,31,33)(H,35,36)/b18-9-,19-10-. The topological polar surface area (TPSA) is 112 Å². The molecule has 0 aliphatic carbocycles. The molecule has 3 rings (SSSR count).